The van der Waals surface area contributed by atoms with Crippen LogP contribution in [-0.4, -0.2) is 47.3 Å². The summed E-state index contributed by atoms with van der Waals surface area (Å²) in [6.07, 6.45) is -2.77. The fraction of sp³-hybridized carbons (Fsp3) is 0.846. The molecule has 0 atom stereocenters. The number of nitrogens with zero attached hydrogens (tertiary/aromatic N) is 1. The molecule has 0 unspecified atom stereocenters. The van der Waals surface area contributed by atoms with Gasteiger partial charge in [0.05, 0.1) is 5.41 Å². The number of carboxylic acid groups (broad SMARTS) is 1. The van der Waals surface area contributed by atoms with Gasteiger partial charge in [0.15, 0.2) is 0 Å². The molecular formula is C13H21F3N2O3. The van der Waals surface area contributed by atoms with Crippen molar-refractivity contribution in [2.75, 3.05) is 13.1 Å². The number of carbonyl (C=O) groups is 2. The summed E-state index contributed by atoms with van der Waals surface area (Å²) in [5, 5.41) is 11.6. The molecule has 5 nitrogen and oxygen atoms in total. The van der Waals surface area contributed by atoms with Crippen molar-refractivity contribution in [2.24, 2.45) is 5.41 Å². The first-order valence-electron chi connectivity index (χ1n) is 7.00. The molecule has 0 radical (unpaired) electrons. The maximum Gasteiger partial charge on any atom is 0.406 e. The van der Waals surface area contributed by atoms with E-state index in [0.717, 1.165) is 4.90 Å². The standard InChI is InChI=1S/C13H21F3N2O3/c1-3-12(4-2,10(19)20)7-17-11(21)18(9-5-6-9)8-13(14,15)16/h9H,3-8H2,1-2H3,(H,17,21)(H,19,20). The van der Waals surface area contributed by atoms with E-state index in [9.17, 15) is 27.9 Å². The fourth-order valence-electron chi connectivity index (χ4n) is 2.17. The lowest BCUT2D eigenvalue weighted by molar-refractivity contribution is -0.149. The van der Waals surface area contributed by atoms with Crippen molar-refractivity contribution >= 4 is 12.0 Å². The van der Waals surface area contributed by atoms with Gasteiger partial charge in [-0.15, -0.1) is 0 Å². The topological polar surface area (TPSA) is 69.6 Å². The monoisotopic (exact) mass is 310 g/mol. The van der Waals surface area contributed by atoms with Gasteiger partial charge in [-0.1, -0.05) is 13.8 Å². The van der Waals surface area contributed by atoms with Crippen LogP contribution in [0.15, 0.2) is 0 Å². The van der Waals surface area contributed by atoms with Crippen LogP contribution < -0.4 is 5.32 Å². The molecule has 21 heavy (non-hydrogen) atoms. The average Bonchev–Trinajstić information content (AvgIpc) is 3.20. The normalized spacial score (nSPS) is 15.7. The van der Waals surface area contributed by atoms with E-state index in [0.29, 0.717) is 25.7 Å². The molecule has 0 aliphatic heterocycles. The second-order valence-corrected chi connectivity index (χ2v) is 5.43. The van der Waals surface area contributed by atoms with Gasteiger partial charge in [0.2, 0.25) is 0 Å². The van der Waals surface area contributed by atoms with E-state index in [4.69, 9.17) is 0 Å². The Bertz CT molecular complexity index is 391. The molecule has 1 saturated carbocycles. The number of amides is 2. The van der Waals surface area contributed by atoms with Crippen LogP contribution in [0.5, 0.6) is 0 Å². The first-order valence-corrected chi connectivity index (χ1v) is 7.00. The zero-order valence-electron chi connectivity index (χ0n) is 12.2. The van der Waals surface area contributed by atoms with Crippen molar-refractivity contribution in [3.63, 3.8) is 0 Å². The third kappa shape index (κ3) is 4.78. The van der Waals surface area contributed by atoms with Crippen LogP contribution in [0.1, 0.15) is 39.5 Å². The number of nitrogens with one attached hydrogen (secondary N) is 1. The zero-order valence-corrected chi connectivity index (χ0v) is 12.2. The number of aliphatic carboxylic acids is 1. The molecule has 0 aromatic rings. The SMILES string of the molecule is CCC(CC)(CNC(=O)N(CC(F)(F)F)C1CC1)C(=O)O. The summed E-state index contributed by atoms with van der Waals surface area (Å²) in [6, 6.07) is -1.24. The molecule has 2 amide bonds. The summed E-state index contributed by atoms with van der Waals surface area (Å²) in [6.45, 7) is 1.88. The smallest absolute Gasteiger partial charge is 0.406 e. The van der Waals surface area contributed by atoms with Crippen LogP contribution in [0, 0.1) is 5.41 Å². The number of carbonyl (C=O) groups excluding carboxylic acids is 1. The Morgan fingerprint density at radius 3 is 2.10 bits per heavy atom. The summed E-state index contributed by atoms with van der Waals surface area (Å²) >= 11 is 0. The van der Waals surface area contributed by atoms with Crippen molar-refractivity contribution < 1.29 is 27.9 Å². The average molecular weight is 310 g/mol. The molecule has 1 rings (SSSR count). The molecule has 122 valence electrons. The number of halogens is 3. The number of alkyl halides is 3. The summed E-state index contributed by atoms with van der Waals surface area (Å²) in [7, 11) is 0. The van der Waals surface area contributed by atoms with E-state index in [1.54, 1.807) is 13.8 Å². The number of urea groups is 1. The predicted molar refractivity (Wildman–Crippen MR) is 69.8 cm³/mol. The lowest BCUT2D eigenvalue weighted by Crippen LogP contribution is -2.50. The molecule has 0 aromatic carbocycles. The van der Waals surface area contributed by atoms with Crippen molar-refractivity contribution in [2.45, 2.75) is 51.7 Å². The summed E-state index contributed by atoms with van der Waals surface area (Å²) in [5.74, 6) is -1.05. The highest BCUT2D eigenvalue weighted by atomic mass is 19.4. The van der Waals surface area contributed by atoms with Crippen molar-refractivity contribution in [1.82, 2.24) is 10.2 Å². The minimum Gasteiger partial charge on any atom is -0.481 e. The zero-order chi connectivity index (χ0) is 16.3. The number of rotatable bonds is 7. The lowest BCUT2D eigenvalue weighted by atomic mass is 9.82. The summed E-state index contributed by atoms with van der Waals surface area (Å²) in [4.78, 5) is 24.0. The van der Waals surface area contributed by atoms with Crippen molar-refractivity contribution in [1.29, 1.82) is 0 Å². The van der Waals surface area contributed by atoms with Gasteiger partial charge in [-0.25, -0.2) is 4.79 Å². The van der Waals surface area contributed by atoms with E-state index < -0.39 is 36.2 Å². The third-order valence-electron chi connectivity index (χ3n) is 3.98. The Morgan fingerprint density at radius 1 is 1.24 bits per heavy atom. The van der Waals surface area contributed by atoms with Crippen molar-refractivity contribution in [3.8, 4) is 0 Å². The molecule has 1 aliphatic rings. The first-order chi connectivity index (χ1) is 9.65. The van der Waals surface area contributed by atoms with Crippen molar-refractivity contribution in [3.05, 3.63) is 0 Å². The van der Waals surface area contributed by atoms with Gasteiger partial charge in [0, 0.05) is 12.6 Å². The molecule has 0 bridgehead atoms. The molecule has 1 aliphatic carbocycles. The highest BCUT2D eigenvalue weighted by Crippen LogP contribution is 2.31. The predicted octanol–water partition coefficient (Wildman–Crippen LogP) is 2.61. The van der Waals surface area contributed by atoms with Crippen LogP contribution in [0.25, 0.3) is 0 Å². The van der Waals surface area contributed by atoms with Crippen LogP contribution in [0.2, 0.25) is 0 Å². The summed E-state index contributed by atoms with van der Waals surface area (Å²) in [5.41, 5.74) is -1.14. The first kappa shape index (κ1) is 17.6. The van der Waals surface area contributed by atoms with E-state index in [1.807, 2.05) is 0 Å². The molecule has 1 fully saturated rings. The minimum atomic E-state index is -4.46. The second kappa shape index (κ2) is 6.53. The summed E-state index contributed by atoms with van der Waals surface area (Å²) < 4.78 is 37.4. The molecule has 8 heteroatoms. The maximum absolute atomic E-state index is 12.5. The Kier molecular flexibility index (Phi) is 5.47. The van der Waals surface area contributed by atoms with E-state index in [1.165, 1.54) is 0 Å². The third-order valence-corrected chi connectivity index (χ3v) is 3.98. The van der Waals surface area contributed by atoms with Gasteiger partial charge >= 0.3 is 18.2 Å². The Hall–Kier alpha value is -1.47. The Morgan fingerprint density at radius 2 is 1.76 bits per heavy atom. The quantitative estimate of drug-likeness (QED) is 0.759. The van der Waals surface area contributed by atoms with E-state index in [-0.39, 0.29) is 6.54 Å². The van der Waals surface area contributed by atoms with Crippen LogP contribution >= 0.6 is 0 Å². The number of hydrogen-bond acceptors (Lipinski definition) is 2. The number of hydrogen-bond donors (Lipinski definition) is 2. The van der Waals surface area contributed by atoms with Crippen LogP contribution in [0.4, 0.5) is 18.0 Å². The van der Waals surface area contributed by atoms with Gasteiger partial charge in [0.1, 0.15) is 6.54 Å². The van der Waals surface area contributed by atoms with Gasteiger partial charge in [-0.3, -0.25) is 4.79 Å². The molecular weight excluding hydrogens is 289 g/mol. The molecule has 0 aromatic heterocycles. The van der Waals surface area contributed by atoms with Gasteiger partial charge in [-0.05, 0) is 25.7 Å². The Balaban J connectivity index is 2.67. The van der Waals surface area contributed by atoms with Crippen LogP contribution in [-0.2, 0) is 4.79 Å². The largest absolute Gasteiger partial charge is 0.481 e. The fourth-order valence-corrected chi connectivity index (χ4v) is 2.17. The van der Waals surface area contributed by atoms with E-state index >= 15 is 0 Å². The minimum absolute atomic E-state index is 0.171. The lowest BCUT2D eigenvalue weighted by Gasteiger charge is -2.29. The molecule has 2 N–H and O–H groups in total. The van der Waals surface area contributed by atoms with Crippen LogP contribution in [0.3, 0.4) is 0 Å². The van der Waals surface area contributed by atoms with Gasteiger partial charge < -0.3 is 15.3 Å². The van der Waals surface area contributed by atoms with E-state index in [2.05, 4.69) is 5.32 Å². The highest BCUT2D eigenvalue weighted by Gasteiger charge is 2.42. The second-order valence-electron chi connectivity index (χ2n) is 5.43. The Labute approximate surface area is 121 Å². The number of carboxylic acids is 1. The van der Waals surface area contributed by atoms with Gasteiger partial charge in [-0.2, -0.15) is 13.2 Å². The molecule has 0 spiro atoms. The molecule has 0 saturated heterocycles. The van der Waals surface area contributed by atoms with Gasteiger partial charge in [0.25, 0.3) is 0 Å². The molecule has 0 heterocycles. The highest BCUT2D eigenvalue weighted by molar-refractivity contribution is 5.78. The maximum atomic E-state index is 12.5.